The van der Waals surface area contributed by atoms with Gasteiger partial charge in [0.2, 0.25) is 0 Å². The summed E-state index contributed by atoms with van der Waals surface area (Å²) in [6, 6.07) is 1.23. The summed E-state index contributed by atoms with van der Waals surface area (Å²) in [7, 11) is 4.01. The zero-order valence-corrected chi connectivity index (χ0v) is 10.4. The van der Waals surface area contributed by atoms with E-state index in [1.807, 2.05) is 0 Å². The van der Waals surface area contributed by atoms with Gasteiger partial charge in [-0.2, -0.15) is 0 Å². The van der Waals surface area contributed by atoms with E-state index < -0.39 is 0 Å². The Morgan fingerprint density at radius 2 is 2.13 bits per heavy atom. The molecule has 2 N–H and O–H groups in total. The summed E-state index contributed by atoms with van der Waals surface area (Å²) in [5, 5.41) is 0. The molecule has 1 saturated carbocycles. The van der Waals surface area contributed by atoms with Gasteiger partial charge < -0.3 is 10.5 Å². The quantitative estimate of drug-likeness (QED) is 0.665. The third kappa shape index (κ3) is 4.09. The maximum absolute atomic E-state index is 5.56. The van der Waals surface area contributed by atoms with Gasteiger partial charge in [0, 0.05) is 19.2 Å². The maximum atomic E-state index is 5.56. The summed E-state index contributed by atoms with van der Waals surface area (Å²) in [4.78, 5) is 2.48. The van der Waals surface area contributed by atoms with Gasteiger partial charge >= 0.3 is 0 Å². The molecule has 1 aliphatic rings. The van der Waals surface area contributed by atoms with Crippen LogP contribution in [0.1, 0.15) is 32.6 Å². The molecule has 2 atom stereocenters. The van der Waals surface area contributed by atoms with Crippen molar-refractivity contribution in [3.05, 3.63) is 0 Å². The van der Waals surface area contributed by atoms with Gasteiger partial charge in [0.15, 0.2) is 0 Å². The number of hydrogen-bond donors (Lipinski definition) is 1. The van der Waals surface area contributed by atoms with Crippen LogP contribution in [-0.2, 0) is 4.74 Å². The van der Waals surface area contributed by atoms with E-state index in [0.29, 0.717) is 12.1 Å². The SMILES string of the molecule is COCC(CCCN)N(C)C(C)C1CC1. The van der Waals surface area contributed by atoms with Crippen LogP contribution in [0.15, 0.2) is 0 Å². The fraction of sp³-hybridized carbons (Fsp3) is 1.00. The topological polar surface area (TPSA) is 38.5 Å². The Hall–Kier alpha value is -0.120. The molecular formula is C12H26N2O. The number of nitrogens with zero attached hydrogens (tertiary/aromatic N) is 1. The molecule has 0 heterocycles. The molecule has 3 nitrogen and oxygen atoms in total. The normalized spacial score (nSPS) is 20.6. The standard InChI is InChI=1S/C12H26N2O/c1-10(11-6-7-11)14(2)12(9-15-3)5-4-8-13/h10-12H,4-9,13H2,1-3H3. The van der Waals surface area contributed by atoms with E-state index in [0.717, 1.165) is 31.9 Å². The summed E-state index contributed by atoms with van der Waals surface area (Å²) in [6.45, 7) is 3.95. The lowest BCUT2D eigenvalue weighted by Gasteiger charge is -2.33. The maximum Gasteiger partial charge on any atom is 0.0618 e. The first-order chi connectivity index (χ1) is 7.20. The molecule has 0 saturated heterocycles. The first-order valence-corrected chi connectivity index (χ1v) is 6.11. The van der Waals surface area contributed by atoms with E-state index in [9.17, 15) is 0 Å². The van der Waals surface area contributed by atoms with Crippen molar-refractivity contribution in [1.82, 2.24) is 4.90 Å². The van der Waals surface area contributed by atoms with E-state index in [2.05, 4.69) is 18.9 Å². The van der Waals surface area contributed by atoms with Crippen molar-refractivity contribution in [3.63, 3.8) is 0 Å². The van der Waals surface area contributed by atoms with E-state index in [1.54, 1.807) is 7.11 Å². The molecule has 1 rings (SSSR count). The predicted molar refractivity (Wildman–Crippen MR) is 63.9 cm³/mol. The molecule has 15 heavy (non-hydrogen) atoms. The van der Waals surface area contributed by atoms with Crippen molar-refractivity contribution >= 4 is 0 Å². The van der Waals surface area contributed by atoms with Gasteiger partial charge in [0.1, 0.15) is 0 Å². The number of nitrogens with two attached hydrogens (primary N) is 1. The Morgan fingerprint density at radius 1 is 1.47 bits per heavy atom. The fourth-order valence-corrected chi connectivity index (χ4v) is 2.19. The van der Waals surface area contributed by atoms with Crippen LogP contribution < -0.4 is 5.73 Å². The Morgan fingerprint density at radius 3 is 2.60 bits per heavy atom. The molecule has 1 fully saturated rings. The number of likely N-dealkylation sites (N-methyl/N-ethyl adjacent to an activating group) is 1. The third-order valence-electron chi connectivity index (χ3n) is 3.62. The number of rotatable bonds is 8. The van der Waals surface area contributed by atoms with E-state index >= 15 is 0 Å². The monoisotopic (exact) mass is 214 g/mol. The summed E-state index contributed by atoms with van der Waals surface area (Å²) in [5.41, 5.74) is 5.56. The zero-order valence-electron chi connectivity index (χ0n) is 10.4. The highest BCUT2D eigenvalue weighted by atomic mass is 16.5. The Balaban J connectivity index is 2.37. The minimum atomic E-state index is 0.536. The molecule has 90 valence electrons. The Kier molecular flexibility index (Phi) is 5.58. The van der Waals surface area contributed by atoms with Crippen molar-refractivity contribution in [1.29, 1.82) is 0 Å². The molecule has 0 aromatic carbocycles. The van der Waals surface area contributed by atoms with Crippen LogP contribution in [0.25, 0.3) is 0 Å². The van der Waals surface area contributed by atoms with Crippen LogP contribution in [0.4, 0.5) is 0 Å². The lowest BCUT2D eigenvalue weighted by molar-refractivity contribution is 0.0725. The molecule has 2 unspecified atom stereocenters. The van der Waals surface area contributed by atoms with Gasteiger partial charge in [-0.1, -0.05) is 0 Å². The molecule has 3 heteroatoms. The van der Waals surface area contributed by atoms with Crippen LogP contribution >= 0.6 is 0 Å². The minimum absolute atomic E-state index is 0.536. The Bertz CT molecular complexity index is 171. The summed E-state index contributed by atoms with van der Waals surface area (Å²) in [5.74, 6) is 0.923. The number of methoxy groups -OCH3 is 1. The summed E-state index contributed by atoms with van der Waals surface area (Å²) >= 11 is 0. The molecule has 0 amide bonds. The lowest BCUT2D eigenvalue weighted by atomic mass is 10.1. The minimum Gasteiger partial charge on any atom is -0.383 e. The zero-order chi connectivity index (χ0) is 11.3. The highest BCUT2D eigenvalue weighted by Crippen LogP contribution is 2.35. The van der Waals surface area contributed by atoms with Crippen LogP contribution in [0.5, 0.6) is 0 Å². The van der Waals surface area contributed by atoms with Gasteiger partial charge in [0.25, 0.3) is 0 Å². The summed E-state index contributed by atoms with van der Waals surface area (Å²) < 4.78 is 5.29. The van der Waals surface area contributed by atoms with Gasteiger partial charge in [-0.25, -0.2) is 0 Å². The van der Waals surface area contributed by atoms with Crippen molar-refractivity contribution < 1.29 is 4.74 Å². The molecule has 0 bridgehead atoms. The Labute approximate surface area is 94.0 Å². The first kappa shape index (κ1) is 12.9. The van der Waals surface area contributed by atoms with E-state index in [1.165, 1.54) is 12.8 Å². The van der Waals surface area contributed by atoms with Gasteiger partial charge in [-0.3, -0.25) is 4.90 Å². The molecular weight excluding hydrogens is 188 g/mol. The van der Waals surface area contributed by atoms with E-state index in [-0.39, 0.29) is 0 Å². The molecule has 0 radical (unpaired) electrons. The molecule has 0 aliphatic heterocycles. The van der Waals surface area contributed by atoms with Crippen LogP contribution in [0.3, 0.4) is 0 Å². The van der Waals surface area contributed by atoms with Crippen LogP contribution in [0.2, 0.25) is 0 Å². The average Bonchev–Trinajstić information content (AvgIpc) is 3.05. The lowest BCUT2D eigenvalue weighted by Crippen LogP contribution is -2.42. The summed E-state index contributed by atoms with van der Waals surface area (Å²) in [6.07, 6.45) is 5.05. The molecule has 1 aliphatic carbocycles. The number of hydrogen-bond acceptors (Lipinski definition) is 3. The first-order valence-electron chi connectivity index (χ1n) is 6.11. The molecule has 0 aromatic heterocycles. The van der Waals surface area contributed by atoms with Gasteiger partial charge in [0.05, 0.1) is 6.61 Å². The molecule has 0 spiro atoms. The van der Waals surface area contributed by atoms with Crippen LogP contribution in [0, 0.1) is 5.92 Å². The molecule has 0 aromatic rings. The highest BCUT2D eigenvalue weighted by Gasteiger charge is 2.32. The van der Waals surface area contributed by atoms with Crippen molar-refractivity contribution in [2.45, 2.75) is 44.7 Å². The largest absolute Gasteiger partial charge is 0.383 e. The predicted octanol–water partition coefficient (Wildman–Crippen LogP) is 1.47. The van der Waals surface area contributed by atoms with E-state index in [4.69, 9.17) is 10.5 Å². The van der Waals surface area contributed by atoms with Crippen molar-refractivity contribution in [3.8, 4) is 0 Å². The number of ether oxygens (including phenoxy) is 1. The smallest absolute Gasteiger partial charge is 0.0618 e. The van der Waals surface area contributed by atoms with Gasteiger partial charge in [-0.05, 0) is 52.1 Å². The van der Waals surface area contributed by atoms with Crippen LogP contribution in [-0.4, -0.2) is 44.3 Å². The fourth-order valence-electron chi connectivity index (χ4n) is 2.19. The second-order valence-electron chi connectivity index (χ2n) is 4.78. The van der Waals surface area contributed by atoms with Crippen molar-refractivity contribution in [2.24, 2.45) is 11.7 Å². The van der Waals surface area contributed by atoms with Gasteiger partial charge in [-0.15, -0.1) is 0 Å². The third-order valence-corrected chi connectivity index (χ3v) is 3.62. The second kappa shape index (κ2) is 6.46. The average molecular weight is 214 g/mol. The van der Waals surface area contributed by atoms with Crippen molar-refractivity contribution in [2.75, 3.05) is 27.3 Å². The second-order valence-corrected chi connectivity index (χ2v) is 4.78. The highest BCUT2D eigenvalue weighted by molar-refractivity contribution is 4.86.